The number of azo groups is 1. The van der Waals surface area contributed by atoms with Gasteiger partial charge in [-0.2, -0.15) is 0 Å². The molecule has 0 aromatic heterocycles. The minimum atomic E-state index is -0.0482. The first-order valence-corrected chi connectivity index (χ1v) is 11.0. The molecule has 0 heterocycles. The van der Waals surface area contributed by atoms with Gasteiger partial charge in [0.25, 0.3) is 0 Å². The smallest absolute Gasteiger partial charge is 0.146 e. The average Bonchev–Trinajstić information content (AvgIpc) is 2.67. The summed E-state index contributed by atoms with van der Waals surface area (Å²) in [6.07, 6.45) is 0. The SMILES string of the molecule is Cc1c(Br)cc(Br)c(N=Nc2c(O)cc(NCc3ccccc3)cc2Cl)c1Br. The Labute approximate surface area is 193 Å². The van der Waals surface area contributed by atoms with E-state index in [1.54, 1.807) is 12.1 Å². The fraction of sp³-hybridized carbons (Fsp3) is 0.100. The number of rotatable bonds is 5. The molecule has 3 aromatic carbocycles. The molecule has 0 fully saturated rings. The van der Waals surface area contributed by atoms with Crippen LogP contribution in [0.3, 0.4) is 0 Å². The minimum absolute atomic E-state index is 0.0482. The molecule has 0 aliphatic heterocycles. The number of hydrogen-bond donors (Lipinski definition) is 2. The van der Waals surface area contributed by atoms with E-state index in [1.165, 1.54) is 0 Å². The Bertz CT molecular complexity index is 1020. The Morgan fingerprint density at radius 1 is 0.964 bits per heavy atom. The second-order valence-electron chi connectivity index (χ2n) is 5.99. The Kier molecular flexibility index (Phi) is 7.15. The first kappa shape index (κ1) is 21.3. The summed E-state index contributed by atoms with van der Waals surface area (Å²) in [6.45, 7) is 2.58. The second kappa shape index (κ2) is 9.39. The maximum Gasteiger partial charge on any atom is 0.146 e. The van der Waals surface area contributed by atoms with Gasteiger partial charge in [-0.1, -0.05) is 57.9 Å². The lowest BCUT2D eigenvalue weighted by atomic mass is 10.2. The molecule has 3 aromatic rings. The number of phenols is 1. The van der Waals surface area contributed by atoms with Crippen molar-refractivity contribution in [3.05, 3.63) is 78.1 Å². The molecule has 8 heteroatoms. The first-order valence-electron chi connectivity index (χ1n) is 8.23. The molecule has 0 aliphatic carbocycles. The third-order valence-electron chi connectivity index (χ3n) is 4.01. The molecule has 0 atom stereocenters. The van der Waals surface area contributed by atoms with Crippen molar-refractivity contribution in [2.45, 2.75) is 13.5 Å². The number of aromatic hydroxyl groups is 1. The van der Waals surface area contributed by atoms with Gasteiger partial charge in [0, 0.05) is 27.2 Å². The summed E-state index contributed by atoms with van der Waals surface area (Å²) in [4.78, 5) is 0. The van der Waals surface area contributed by atoms with Gasteiger partial charge < -0.3 is 10.4 Å². The molecule has 28 heavy (non-hydrogen) atoms. The van der Waals surface area contributed by atoms with Crippen LogP contribution in [0.15, 0.2) is 72.2 Å². The molecule has 0 spiro atoms. The van der Waals surface area contributed by atoms with Crippen molar-refractivity contribution in [3.63, 3.8) is 0 Å². The van der Waals surface area contributed by atoms with Gasteiger partial charge in [-0.05, 0) is 62.0 Å². The van der Waals surface area contributed by atoms with Gasteiger partial charge in [0.15, 0.2) is 0 Å². The van der Waals surface area contributed by atoms with E-state index in [2.05, 4.69) is 63.3 Å². The molecular formula is C20H15Br3ClN3O. The third kappa shape index (κ3) is 4.95. The number of anilines is 1. The highest BCUT2D eigenvalue weighted by Crippen LogP contribution is 2.43. The van der Waals surface area contributed by atoms with E-state index in [4.69, 9.17) is 11.6 Å². The molecule has 0 aliphatic rings. The number of benzene rings is 3. The van der Waals surface area contributed by atoms with Gasteiger partial charge >= 0.3 is 0 Å². The van der Waals surface area contributed by atoms with E-state index in [9.17, 15) is 5.11 Å². The van der Waals surface area contributed by atoms with Gasteiger partial charge in [0.1, 0.15) is 17.1 Å². The van der Waals surface area contributed by atoms with Crippen molar-refractivity contribution in [2.24, 2.45) is 10.2 Å². The predicted molar refractivity (Wildman–Crippen MR) is 125 cm³/mol. The normalized spacial score (nSPS) is 11.2. The second-order valence-corrected chi connectivity index (χ2v) is 8.90. The average molecular weight is 589 g/mol. The molecule has 3 rings (SSSR count). The predicted octanol–water partition coefficient (Wildman–Crippen LogP) is 8.67. The molecule has 0 radical (unpaired) electrons. The fourth-order valence-electron chi connectivity index (χ4n) is 2.45. The lowest BCUT2D eigenvalue weighted by Gasteiger charge is -2.10. The van der Waals surface area contributed by atoms with Crippen LogP contribution in [0.5, 0.6) is 5.75 Å². The molecule has 4 nitrogen and oxygen atoms in total. The van der Waals surface area contributed by atoms with Crippen LogP contribution in [0.1, 0.15) is 11.1 Å². The summed E-state index contributed by atoms with van der Waals surface area (Å²) in [5.41, 5.74) is 3.65. The molecule has 144 valence electrons. The Hall–Kier alpha value is -1.41. The van der Waals surface area contributed by atoms with Crippen LogP contribution < -0.4 is 5.32 Å². The number of halogens is 4. The van der Waals surface area contributed by atoms with Crippen LogP contribution in [0.2, 0.25) is 5.02 Å². The quantitative estimate of drug-likeness (QED) is 0.293. The van der Waals surface area contributed by atoms with Gasteiger partial charge in [0.05, 0.1) is 9.50 Å². The highest BCUT2D eigenvalue weighted by Gasteiger charge is 2.13. The van der Waals surface area contributed by atoms with Crippen molar-refractivity contribution in [2.75, 3.05) is 5.32 Å². The largest absolute Gasteiger partial charge is 0.505 e. The summed E-state index contributed by atoms with van der Waals surface area (Å²) in [5, 5.41) is 22.4. The van der Waals surface area contributed by atoms with Crippen LogP contribution in [0.25, 0.3) is 0 Å². The maximum absolute atomic E-state index is 10.4. The van der Waals surface area contributed by atoms with Crippen LogP contribution in [-0.4, -0.2) is 5.11 Å². The van der Waals surface area contributed by atoms with Crippen molar-refractivity contribution in [1.29, 1.82) is 0 Å². The zero-order valence-electron chi connectivity index (χ0n) is 14.7. The Balaban J connectivity index is 1.84. The number of phenolic OH excluding ortho intramolecular Hbond substituents is 1. The third-order valence-corrected chi connectivity index (χ3v) is 6.69. The van der Waals surface area contributed by atoms with E-state index in [0.29, 0.717) is 22.9 Å². The molecule has 0 saturated heterocycles. The van der Waals surface area contributed by atoms with Crippen molar-refractivity contribution in [3.8, 4) is 5.75 Å². The summed E-state index contributed by atoms with van der Waals surface area (Å²) in [5.74, 6) is -0.0482. The first-order chi connectivity index (χ1) is 13.4. The topological polar surface area (TPSA) is 57.0 Å². The van der Waals surface area contributed by atoms with Crippen LogP contribution in [0, 0.1) is 6.92 Å². The highest BCUT2D eigenvalue weighted by molar-refractivity contribution is 9.11. The van der Waals surface area contributed by atoms with Gasteiger partial charge in [-0.15, -0.1) is 10.2 Å². The zero-order chi connectivity index (χ0) is 20.3. The fourth-order valence-corrected chi connectivity index (χ4v) is 4.98. The van der Waals surface area contributed by atoms with Gasteiger partial charge in [-0.25, -0.2) is 0 Å². The monoisotopic (exact) mass is 585 g/mol. The van der Waals surface area contributed by atoms with Gasteiger partial charge in [-0.3, -0.25) is 0 Å². The molecule has 0 bridgehead atoms. The number of hydrogen-bond acceptors (Lipinski definition) is 4. The Morgan fingerprint density at radius 3 is 2.32 bits per heavy atom. The molecule has 0 saturated carbocycles. The van der Waals surface area contributed by atoms with Crippen LogP contribution >= 0.6 is 59.4 Å². The van der Waals surface area contributed by atoms with E-state index < -0.39 is 0 Å². The summed E-state index contributed by atoms with van der Waals surface area (Å²) >= 11 is 16.8. The standard InChI is InChI=1S/C20H15Br3ClN3O/c1-11-14(21)9-15(22)19(18(11)23)26-27-20-16(24)7-13(8-17(20)28)25-10-12-5-3-2-4-6-12/h2-9,25,28H,10H2,1H3. The van der Waals surface area contributed by atoms with E-state index >= 15 is 0 Å². The zero-order valence-corrected chi connectivity index (χ0v) is 20.2. The van der Waals surface area contributed by atoms with Crippen molar-refractivity contribution >= 4 is 76.5 Å². The summed E-state index contributed by atoms with van der Waals surface area (Å²) in [6, 6.07) is 15.2. The lowest BCUT2D eigenvalue weighted by Crippen LogP contribution is -1.98. The molecule has 0 unspecified atom stereocenters. The number of nitrogens with zero attached hydrogens (tertiary/aromatic N) is 2. The van der Waals surface area contributed by atoms with Crippen molar-refractivity contribution in [1.82, 2.24) is 0 Å². The minimum Gasteiger partial charge on any atom is -0.505 e. The van der Waals surface area contributed by atoms with Crippen LogP contribution in [-0.2, 0) is 6.54 Å². The highest BCUT2D eigenvalue weighted by atomic mass is 79.9. The lowest BCUT2D eigenvalue weighted by molar-refractivity contribution is 0.476. The van der Waals surface area contributed by atoms with Crippen molar-refractivity contribution < 1.29 is 5.11 Å². The summed E-state index contributed by atoms with van der Waals surface area (Å²) < 4.78 is 2.51. The molecular weight excluding hydrogens is 573 g/mol. The maximum atomic E-state index is 10.4. The van der Waals surface area contributed by atoms with E-state index in [-0.39, 0.29) is 11.4 Å². The number of nitrogens with one attached hydrogen (secondary N) is 1. The molecule has 2 N–H and O–H groups in total. The summed E-state index contributed by atoms with van der Waals surface area (Å²) in [7, 11) is 0. The van der Waals surface area contributed by atoms with E-state index in [0.717, 1.165) is 24.5 Å². The Morgan fingerprint density at radius 2 is 1.64 bits per heavy atom. The van der Waals surface area contributed by atoms with Gasteiger partial charge in [0.2, 0.25) is 0 Å². The van der Waals surface area contributed by atoms with Crippen LogP contribution in [0.4, 0.5) is 17.1 Å². The van der Waals surface area contributed by atoms with E-state index in [1.807, 2.05) is 43.3 Å². The molecule has 0 amide bonds.